The predicted octanol–water partition coefficient (Wildman–Crippen LogP) is 3.41. The summed E-state index contributed by atoms with van der Waals surface area (Å²) < 4.78 is 46.2. The van der Waals surface area contributed by atoms with E-state index in [0.717, 1.165) is 24.7 Å². The van der Waals surface area contributed by atoms with Crippen LogP contribution in [0.25, 0.3) is 0 Å². The minimum absolute atomic E-state index is 0.0227. The number of anilines is 3. The number of nitrogens with one attached hydrogen (secondary N) is 2. The Morgan fingerprint density at radius 1 is 1.38 bits per heavy atom. The predicted molar refractivity (Wildman–Crippen MR) is 97.9 cm³/mol. The third kappa shape index (κ3) is 3.60. The molecule has 2 aromatic rings. The summed E-state index contributed by atoms with van der Waals surface area (Å²) >= 11 is 0. The van der Waals surface area contributed by atoms with Crippen LogP contribution in [0.4, 0.5) is 30.6 Å². The lowest BCUT2D eigenvalue weighted by molar-refractivity contribution is -0.145. The number of carbonyl (C=O) groups excluding carboxylic acids is 1. The van der Waals surface area contributed by atoms with E-state index >= 15 is 0 Å². The van der Waals surface area contributed by atoms with Gasteiger partial charge in [0.05, 0.1) is 24.2 Å². The topological polar surface area (TPSA) is 94.0 Å². The number of rotatable bonds is 6. The second-order valence-electron chi connectivity index (χ2n) is 7.42. The van der Waals surface area contributed by atoms with Gasteiger partial charge in [0.2, 0.25) is 5.95 Å². The van der Waals surface area contributed by atoms with E-state index in [1.165, 1.54) is 0 Å². The summed E-state index contributed by atoms with van der Waals surface area (Å²) in [6.07, 6.45) is 0.293. The van der Waals surface area contributed by atoms with Crippen molar-refractivity contribution in [2.24, 2.45) is 0 Å². The molecule has 1 atom stereocenters. The minimum atomic E-state index is -4.56. The first-order valence-corrected chi connectivity index (χ1v) is 9.45. The summed E-state index contributed by atoms with van der Waals surface area (Å²) in [5.41, 5.74) is -0.501. The van der Waals surface area contributed by atoms with Crippen LogP contribution in [0.3, 0.4) is 0 Å². The Labute approximate surface area is 164 Å². The van der Waals surface area contributed by atoms with Gasteiger partial charge in [0.25, 0.3) is 0 Å². The Balaban J connectivity index is 1.67. The number of halogens is 3. The molecule has 2 aliphatic rings. The van der Waals surface area contributed by atoms with E-state index in [9.17, 15) is 18.0 Å². The molecule has 2 N–H and O–H groups in total. The average Bonchev–Trinajstić information content (AvgIpc) is 3.32. The highest BCUT2D eigenvalue weighted by molar-refractivity contribution is 5.80. The van der Waals surface area contributed by atoms with Crippen molar-refractivity contribution in [3.05, 3.63) is 23.7 Å². The van der Waals surface area contributed by atoms with Crippen LogP contribution in [-0.4, -0.2) is 38.9 Å². The Bertz CT molecular complexity index is 940. The average molecular weight is 410 g/mol. The van der Waals surface area contributed by atoms with Crippen LogP contribution in [0, 0.1) is 0 Å². The summed E-state index contributed by atoms with van der Waals surface area (Å²) in [4.78, 5) is 20.0. The summed E-state index contributed by atoms with van der Waals surface area (Å²) in [7, 11) is 0. The van der Waals surface area contributed by atoms with Gasteiger partial charge >= 0.3 is 12.1 Å². The zero-order valence-corrected chi connectivity index (χ0v) is 16.0. The number of alkyl halides is 3. The number of cyclic esters (lactones) is 1. The van der Waals surface area contributed by atoms with Crippen molar-refractivity contribution >= 4 is 23.4 Å². The van der Waals surface area contributed by atoms with Crippen LogP contribution in [0.5, 0.6) is 0 Å². The van der Waals surface area contributed by atoms with Crippen molar-refractivity contribution in [1.82, 2.24) is 19.7 Å². The van der Waals surface area contributed by atoms with E-state index in [1.54, 1.807) is 24.7 Å². The first kappa shape index (κ1) is 19.5. The molecule has 2 fully saturated rings. The van der Waals surface area contributed by atoms with Gasteiger partial charge in [0.15, 0.2) is 5.54 Å². The van der Waals surface area contributed by atoms with Gasteiger partial charge in [0.1, 0.15) is 11.4 Å². The van der Waals surface area contributed by atoms with Gasteiger partial charge in [-0.2, -0.15) is 23.3 Å². The molecule has 2 aromatic heterocycles. The fraction of sp³-hybridized carbons (Fsp3) is 0.556. The third-order valence-corrected chi connectivity index (χ3v) is 5.16. The van der Waals surface area contributed by atoms with E-state index in [0.29, 0.717) is 18.7 Å². The fourth-order valence-electron chi connectivity index (χ4n) is 3.27. The van der Waals surface area contributed by atoms with E-state index in [-0.39, 0.29) is 30.2 Å². The van der Waals surface area contributed by atoms with Gasteiger partial charge in [-0.3, -0.25) is 4.68 Å². The Morgan fingerprint density at radius 3 is 2.72 bits per heavy atom. The smallest absolute Gasteiger partial charge is 0.421 e. The molecule has 3 heterocycles. The van der Waals surface area contributed by atoms with Crippen LogP contribution in [0.15, 0.2) is 12.4 Å². The summed E-state index contributed by atoms with van der Waals surface area (Å²) in [5.74, 6) is -0.379. The Hall–Kier alpha value is -2.85. The molecule has 156 valence electrons. The second-order valence-corrected chi connectivity index (χ2v) is 7.42. The highest BCUT2D eigenvalue weighted by Crippen LogP contribution is 2.44. The number of aromatic nitrogens is 4. The van der Waals surface area contributed by atoms with Gasteiger partial charge in [-0.05, 0) is 26.7 Å². The number of carbonyl (C=O) groups is 1. The molecule has 11 heteroatoms. The molecule has 0 bridgehead atoms. The molecule has 4 rings (SSSR count). The highest BCUT2D eigenvalue weighted by Gasteiger charge is 2.44. The zero-order chi connectivity index (χ0) is 20.8. The number of nitrogens with zero attached hydrogens (tertiary/aromatic N) is 4. The molecule has 0 spiro atoms. The monoisotopic (exact) mass is 410 g/mol. The minimum Gasteiger partial charge on any atom is -0.464 e. The van der Waals surface area contributed by atoms with Crippen LogP contribution in [-0.2, 0) is 21.2 Å². The van der Waals surface area contributed by atoms with Crippen LogP contribution in [0.2, 0.25) is 0 Å². The fourth-order valence-corrected chi connectivity index (χ4v) is 3.27. The van der Waals surface area contributed by atoms with Crippen LogP contribution in [0.1, 0.15) is 50.3 Å². The summed E-state index contributed by atoms with van der Waals surface area (Å²) in [5, 5.41) is 10.2. The molecule has 1 aliphatic heterocycles. The van der Waals surface area contributed by atoms with Gasteiger partial charge in [0, 0.05) is 25.1 Å². The maximum absolute atomic E-state index is 13.2. The molecule has 1 aliphatic carbocycles. The van der Waals surface area contributed by atoms with E-state index in [2.05, 4.69) is 25.7 Å². The summed E-state index contributed by atoms with van der Waals surface area (Å²) in [6, 6.07) is 0. The second kappa shape index (κ2) is 6.89. The first-order chi connectivity index (χ1) is 13.7. The number of hydrogen-bond donors (Lipinski definition) is 2. The standard InChI is InChI=1S/C18H21F3N6O2/c1-3-22-14-11(18(19,20)21)8-23-16(25-14)24-12-9-27(26-13(12)10-4-5-10)17(2)6-7-29-15(17)28/h8-10H,3-7H2,1-2H3,(H2,22,23,24,25). The van der Waals surface area contributed by atoms with Crippen molar-refractivity contribution in [1.29, 1.82) is 0 Å². The van der Waals surface area contributed by atoms with Crippen molar-refractivity contribution in [3.8, 4) is 0 Å². The molecular weight excluding hydrogens is 389 g/mol. The quantitative estimate of drug-likeness (QED) is 0.705. The van der Waals surface area contributed by atoms with Gasteiger partial charge < -0.3 is 15.4 Å². The number of hydrogen-bond acceptors (Lipinski definition) is 7. The molecule has 1 saturated heterocycles. The maximum atomic E-state index is 13.2. The maximum Gasteiger partial charge on any atom is 0.421 e. The Kier molecular flexibility index (Phi) is 4.62. The molecule has 1 saturated carbocycles. The lowest BCUT2D eigenvalue weighted by Crippen LogP contribution is -2.35. The number of ether oxygens (including phenoxy) is 1. The first-order valence-electron chi connectivity index (χ1n) is 9.45. The van der Waals surface area contributed by atoms with Crippen LogP contribution < -0.4 is 10.6 Å². The van der Waals surface area contributed by atoms with Crippen molar-refractivity contribution < 1.29 is 22.7 Å². The largest absolute Gasteiger partial charge is 0.464 e. The normalized spacial score (nSPS) is 21.9. The molecule has 1 unspecified atom stereocenters. The van der Waals surface area contributed by atoms with Gasteiger partial charge in [-0.1, -0.05) is 0 Å². The lowest BCUT2D eigenvalue weighted by atomic mass is 10.0. The van der Waals surface area contributed by atoms with E-state index < -0.39 is 17.3 Å². The van der Waals surface area contributed by atoms with Gasteiger partial charge in [-0.15, -0.1) is 0 Å². The molecular formula is C18H21F3N6O2. The highest BCUT2D eigenvalue weighted by atomic mass is 19.4. The van der Waals surface area contributed by atoms with Crippen molar-refractivity contribution in [3.63, 3.8) is 0 Å². The molecule has 0 aromatic carbocycles. The lowest BCUT2D eigenvalue weighted by Gasteiger charge is -2.19. The summed E-state index contributed by atoms with van der Waals surface area (Å²) in [6.45, 7) is 4.05. The third-order valence-electron chi connectivity index (χ3n) is 5.16. The van der Waals surface area contributed by atoms with Gasteiger partial charge in [-0.25, -0.2) is 9.78 Å². The zero-order valence-electron chi connectivity index (χ0n) is 16.0. The van der Waals surface area contributed by atoms with Crippen molar-refractivity contribution in [2.75, 3.05) is 23.8 Å². The SMILES string of the molecule is CCNc1nc(Nc2cn(C3(C)CCOC3=O)nc2C2CC2)ncc1C(F)(F)F. The number of esters is 1. The molecule has 29 heavy (non-hydrogen) atoms. The van der Waals surface area contributed by atoms with Crippen molar-refractivity contribution in [2.45, 2.75) is 50.7 Å². The Morgan fingerprint density at radius 2 is 2.14 bits per heavy atom. The van der Waals surface area contributed by atoms with Crippen LogP contribution >= 0.6 is 0 Å². The van der Waals surface area contributed by atoms with E-state index in [4.69, 9.17) is 4.74 Å². The molecule has 8 nitrogen and oxygen atoms in total. The molecule has 0 radical (unpaired) electrons. The molecule has 0 amide bonds. The van der Waals surface area contributed by atoms with E-state index in [1.807, 2.05) is 0 Å².